The molecule has 0 saturated heterocycles. The fourth-order valence-corrected chi connectivity index (χ4v) is 6.84. The molecule has 3 aromatic rings. The molecule has 1 aliphatic carbocycles. The zero-order chi connectivity index (χ0) is 25.5. The van der Waals surface area contributed by atoms with Gasteiger partial charge in [-0.25, -0.2) is 17.5 Å². The molecule has 1 atom stereocenters. The van der Waals surface area contributed by atoms with Gasteiger partial charge in [0.1, 0.15) is 11.6 Å². The van der Waals surface area contributed by atoms with Gasteiger partial charge >= 0.3 is 0 Å². The van der Waals surface area contributed by atoms with Gasteiger partial charge in [0.2, 0.25) is 10.0 Å². The number of nitrogens with one attached hydrogen (secondary N) is 2. The van der Waals surface area contributed by atoms with Crippen LogP contribution in [0.4, 0.5) is 4.39 Å². The van der Waals surface area contributed by atoms with E-state index in [1.165, 1.54) is 12.1 Å². The standard InChI is InChI=1S/C27H36FN5O2S/c1-3-33(4-2)23-15-17-24(18-16-23)36(34,35)32-25(19-10-20-8-6-5-7-9-20)27-29-26(30-31-27)21-11-13-22(28)14-12-21/h5-9,11-14,23-25,32H,3-4,10,15-19H2,1-2H3,(H,29,30,31)/t23?,24?,25-/m1/s1. The van der Waals surface area contributed by atoms with E-state index in [2.05, 4.69) is 38.7 Å². The van der Waals surface area contributed by atoms with Crippen LogP contribution in [0.3, 0.4) is 0 Å². The maximum absolute atomic E-state index is 13.5. The number of hydrogen-bond donors (Lipinski definition) is 2. The fraction of sp³-hybridized carbons (Fsp3) is 0.481. The molecule has 2 N–H and O–H groups in total. The van der Waals surface area contributed by atoms with Crippen LogP contribution in [-0.2, 0) is 16.4 Å². The summed E-state index contributed by atoms with van der Waals surface area (Å²) >= 11 is 0. The molecule has 9 heteroatoms. The number of aromatic nitrogens is 3. The molecule has 0 aliphatic heterocycles. The van der Waals surface area contributed by atoms with Crippen molar-refractivity contribution in [1.29, 1.82) is 0 Å². The van der Waals surface area contributed by atoms with Crippen LogP contribution >= 0.6 is 0 Å². The summed E-state index contributed by atoms with van der Waals surface area (Å²) < 4.78 is 43.3. The Bertz CT molecular complexity index is 1190. The van der Waals surface area contributed by atoms with E-state index < -0.39 is 21.3 Å². The van der Waals surface area contributed by atoms with Crippen molar-refractivity contribution in [2.24, 2.45) is 0 Å². The molecule has 1 saturated carbocycles. The molecule has 0 bridgehead atoms. The number of H-pyrrole nitrogens is 1. The maximum atomic E-state index is 13.5. The van der Waals surface area contributed by atoms with Crippen molar-refractivity contribution in [2.75, 3.05) is 13.1 Å². The second-order valence-corrected chi connectivity index (χ2v) is 11.4. The van der Waals surface area contributed by atoms with E-state index in [4.69, 9.17) is 0 Å². The van der Waals surface area contributed by atoms with Crippen LogP contribution < -0.4 is 4.72 Å². The van der Waals surface area contributed by atoms with Gasteiger partial charge in [-0.05, 0) is 81.4 Å². The first-order chi connectivity index (χ1) is 17.4. The zero-order valence-electron chi connectivity index (χ0n) is 21.0. The van der Waals surface area contributed by atoms with Crippen molar-refractivity contribution in [3.05, 3.63) is 71.8 Å². The Balaban J connectivity index is 1.50. The predicted octanol–water partition coefficient (Wildman–Crippen LogP) is 4.86. The second-order valence-electron chi connectivity index (χ2n) is 9.46. The van der Waals surface area contributed by atoms with Gasteiger partial charge in [-0.3, -0.25) is 0 Å². The molecule has 1 heterocycles. The van der Waals surface area contributed by atoms with E-state index in [0.29, 0.717) is 48.9 Å². The molecule has 36 heavy (non-hydrogen) atoms. The Labute approximate surface area is 213 Å². The molecular weight excluding hydrogens is 477 g/mol. The van der Waals surface area contributed by atoms with E-state index >= 15 is 0 Å². The molecule has 1 aromatic heterocycles. The highest BCUT2D eigenvalue weighted by molar-refractivity contribution is 7.90. The third-order valence-electron chi connectivity index (χ3n) is 7.23. The van der Waals surface area contributed by atoms with E-state index in [1.807, 2.05) is 30.3 Å². The minimum Gasteiger partial charge on any atom is -0.324 e. The third kappa shape index (κ3) is 6.57. The lowest BCUT2D eigenvalue weighted by molar-refractivity contribution is 0.172. The molecule has 0 radical (unpaired) electrons. The van der Waals surface area contributed by atoms with Crippen LogP contribution in [0.15, 0.2) is 54.6 Å². The monoisotopic (exact) mass is 513 g/mol. The van der Waals surface area contributed by atoms with Gasteiger partial charge in [0.05, 0.1) is 11.3 Å². The smallest absolute Gasteiger partial charge is 0.215 e. The summed E-state index contributed by atoms with van der Waals surface area (Å²) in [4.78, 5) is 5.59. The molecule has 0 amide bonds. The number of rotatable bonds is 11. The van der Waals surface area contributed by atoms with Crippen LogP contribution in [-0.4, -0.2) is 52.9 Å². The average Bonchev–Trinajstić information content (AvgIpc) is 3.39. The van der Waals surface area contributed by atoms with E-state index in [-0.39, 0.29) is 5.82 Å². The molecule has 194 valence electrons. The number of hydrogen-bond acceptors (Lipinski definition) is 5. The first-order valence-corrected chi connectivity index (χ1v) is 14.4. The highest BCUT2D eigenvalue weighted by atomic mass is 32.2. The molecule has 0 spiro atoms. The van der Waals surface area contributed by atoms with Crippen LogP contribution in [0.5, 0.6) is 0 Å². The molecular formula is C27H36FN5O2S. The lowest BCUT2D eigenvalue weighted by atomic mass is 9.94. The minimum absolute atomic E-state index is 0.331. The van der Waals surface area contributed by atoms with Crippen molar-refractivity contribution in [1.82, 2.24) is 24.8 Å². The Hall–Kier alpha value is -2.62. The Morgan fingerprint density at radius 1 is 1.00 bits per heavy atom. The first kappa shape index (κ1) is 26.4. The van der Waals surface area contributed by atoms with Crippen LogP contribution in [0.2, 0.25) is 0 Å². The SMILES string of the molecule is CCN(CC)C1CCC(S(=O)(=O)N[C@H](CCc2ccccc2)c2nnc(-c3ccc(F)cc3)[nH]2)CC1. The van der Waals surface area contributed by atoms with Gasteiger partial charge in [-0.1, -0.05) is 44.2 Å². The molecule has 0 unspecified atom stereocenters. The molecule has 1 aliphatic rings. The summed E-state index contributed by atoms with van der Waals surface area (Å²) in [6.07, 6.45) is 4.31. The zero-order valence-corrected chi connectivity index (χ0v) is 21.8. The van der Waals surface area contributed by atoms with Crippen molar-refractivity contribution < 1.29 is 12.8 Å². The van der Waals surface area contributed by atoms with Crippen LogP contribution in [0.25, 0.3) is 11.4 Å². The highest BCUT2D eigenvalue weighted by Gasteiger charge is 2.34. The van der Waals surface area contributed by atoms with E-state index in [1.54, 1.807) is 12.1 Å². The lowest BCUT2D eigenvalue weighted by Crippen LogP contribution is -2.44. The summed E-state index contributed by atoms with van der Waals surface area (Å²) in [5.74, 6) is 0.613. The normalized spacial score (nSPS) is 19.4. The second kappa shape index (κ2) is 12.1. The summed E-state index contributed by atoms with van der Waals surface area (Å²) in [5.41, 5.74) is 1.81. The van der Waals surface area contributed by atoms with Crippen LogP contribution in [0.1, 0.15) is 63.4 Å². The average molecular weight is 514 g/mol. The van der Waals surface area contributed by atoms with Crippen molar-refractivity contribution >= 4 is 10.0 Å². The van der Waals surface area contributed by atoms with Gasteiger partial charge in [0.15, 0.2) is 5.82 Å². The van der Waals surface area contributed by atoms with Crippen molar-refractivity contribution in [2.45, 2.75) is 69.7 Å². The summed E-state index contributed by atoms with van der Waals surface area (Å²) in [5, 5.41) is 8.08. The summed E-state index contributed by atoms with van der Waals surface area (Å²) in [6.45, 7) is 6.28. The number of benzene rings is 2. The number of halogens is 1. The molecule has 4 rings (SSSR count). The summed E-state index contributed by atoms with van der Waals surface area (Å²) in [6, 6.07) is 15.9. The maximum Gasteiger partial charge on any atom is 0.215 e. The predicted molar refractivity (Wildman–Crippen MR) is 140 cm³/mol. The van der Waals surface area contributed by atoms with Gasteiger partial charge in [-0.15, -0.1) is 10.2 Å². The largest absolute Gasteiger partial charge is 0.324 e. The van der Waals surface area contributed by atoms with Gasteiger partial charge < -0.3 is 9.88 Å². The Kier molecular flexibility index (Phi) is 8.87. The topological polar surface area (TPSA) is 91.0 Å². The Morgan fingerprint density at radius 2 is 1.67 bits per heavy atom. The molecule has 2 aromatic carbocycles. The molecule has 7 nitrogen and oxygen atoms in total. The van der Waals surface area contributed by atoms with Crippen LogP contribution in [0, 0.1) is 5.82 Å². The van der Waals surface area contributed by atoms with Gasteiger partial charge in [0.25, 0.3) is 0 Å². The van der Waals surface area contributed by atoms with Crippen molar-refractivity contribution in [3.63, 3.8) is 0 Å². The lowest BCUT2D eigenvalue weighted by Gasteiger charge is -2.35. The first-order valence-electron chi connectivity index (χ1n) is 12.9. The van der Waals surface area contributed by atoms with Gasteiger partial charge in [0, 0.05) is 11.6 Å². The number of sulfonamides is 1. The third-order valence-corrected chi connectivity index (χ3v) is 9.20. The van der Waals surface area contributed by atoms with E-state index in [0.717, 1.165) is 31.5 Å². The van der Waals surface area contributed by atoms with Gasteiger partial charge in [-0.2, -0.15) is 0 Å². The number of nitrogens with zero attached hydrogens (tertiary/aromatic N) is 3. The minimum atomic E-state index is -3.56. The van der Waals surface area contributed by atoms with E-state index in [9.17, 15) is 12.8 Å². The van der Waals surface area contributed by atoms with Crippen molar-refractivity contribution in [3.8, 4) is 11.4 Å². The number of aromatic amines is 1. The molecule has 1 fully saturated rings. The fourth-order valence-electron chi connectivity index (χ4n) is 5.13. The highest BCUT2D eigenvalue weighted by Crippen LogP contribution is 2.29. The quantitative estimate of drug-likeness (QED) is 0.382. The summed E-state index contributed by atoms with van der Waals surface area (Å²) in [7, 11) is -3.56. The number of aryl methyl sites for hydroxylation is 1. The Morgan fingerprint density at radius 3 is 2.31 bits per heavy atom.